The van der Waals surface area contributed by atoms with Gasteiger partial charge in [0, 0.05) is 12.2 Å². The molecular weight excluding hydrogens is 210 g/mol. The van der Waals surface area contributed by atoms with E-state index >= 15 is 0 Å². The summed E-state index contributed by atoms with van der Waals surface area (Å²) in [6, 6.07) is 5.78. The third-order valence-corrected chi connectivity index (χ3v) is 3.82. The highest BCUT2D eigenvalue weighted by Gasteiger charge is 2.17. The summed E-state index contributed by atoms with van der Waals surface area (Å²) in [5.74, 6) is 1.73. The van der Waals surface area contributed by atoms with Crippen molar-refractivity contribution < 1.29 is 0 Å². The first-order chi connectivity index (χ1) is 8.15. The highest BCUT2D eigenvalue weighted by molar-refractivity contribution is 5.69. The molecule has 0 atom stereocenters. The van der Waals surface area contributed by atoms with E-state index in [0.717, 1.165) is 24.1 Å². The minimum absolute atomic E-state index is 0.655. The summed E-state index contributed by atoms with van der Waals surface area (Å²) < 4.78 is 0. The van der Waals surface area contributed by atoms with Crippen LogP contribution in [-0.2, 0) is 0 Å². The van der Waals surface area contributed by atoms with E-state index in [0.29, 0.717) is 11.4 Å². The number of anilines is 3. The van der Waals surface area contributed by atoms with Gasteiger partial charge in [0.1, 0.15) is 0 Å². The smallest absolute Gasteiger partial charge is 0.0568 e. The molecule has 0 unspecified atom stereocenters. The first-order valence-corrected chi connectivity index (χ1v) is 6.54. The fourth-order valence-corrected chi connectivity index (χ4v) is 2.48. The van der Waals surface area contributed by atoms with E-state index in [9.17, 15) is 0 Å². The number of nitrogens with two attached hydrogens (primary N) is 2. The van der Waals surface area contributed by atoms with Gasteiger partial charge in [-0.25, -0.2) is 0 Å². The minimum atomic E-state index is 0.655. The summed E-state index contributed by atoms with van der Waals surface area (Å²) >= 11 is 0. The molecule has 94 valence electrons. The third-order valence-electron chi connectivity index (χ3n) is 3.82. The van der Waals surface area contributed by atoms with E-state index in [-0.39, 0.29) is 0 Å². The number of hydrogen-bond donors (Lipinski definition) is 3. The highest BCUT2D eigenvalue weighted by Crippen LogP contribution is 2.28. The van der Waals surface area contributed by atoms with Crippen molar-refractivity contribution in [2.45, 2.75) is 32.6 Å². The Bertz CT molecular complexity index is 368. The van der Waals surface area contributed by atoms with Gasteiger partial charge in [-0.3, -0.25) is 0 Å². The molecule has 0 amide bonds. The number of benzene rings is 1. The maximum Gasteiger partial charge on any atom is 0.0568 e. The van der Waals surface area contributed by atoms with Crippen molar-refractivity contribution >= 4 is 17.1 Å². The molecule has 1 aromatic rings. The van der Waals surface area contributed by atoms with Gasteiger partial charge in [-0.15, -0.1) is 0 Å². The topological polar surface area (TPSA) is 64.1 Å². The number of rotatable bonds is 3. The van der Waals surface area contributed by atoms with Gasteiger partial charge >= 0.3 is 0 Å². The lowest BCUT2D eigenvalue weighted by Gasteiger charge is -2.26. The average Bonchev–Trinajstić information content (AvgIpc) is 2.33. The van der Waals surface area contributed by atoms with E-state index in [1.54, 1.807) is 0 Å². The molecule has 1 fully saturated rings. The molecule has 17 heavy (non-hydrogen) atoms. The second-order valence-corrected chi connectivity index (χ2v) is 5.35. The second-order valence-electron chi connectivity index (χ2n) is 5.35. The first-order valence-electron chi connectivity index (χ1n) is 6.54. The van der Waals surface area contributed by atoms with Crippen molar-refractivity contribution in [1.82, 2.24) is 0 Å². The minimum Gasteiger partial charge on any atom is -0.397 e. The van der Waals surface area contributed by atoms with Crippen LogP contribution < -0.4 is 16.8 Å². The van der Waals surface area contributed by atoms with Crippen LogP contribution in [0.4, 0.5) is 17.1 Å². The Balaban J connectivity index is 1.83. The summed E-state index contributed by atoms with van der Waals surface area (Å²) in [6.45, 7) is 3.40. The van der Waals surface area contributed by atoms with Gasteiger partial charge < -0.3 is 16.8 Å². The molecule has 3 nitrogen and oxygen atoms in total. The van der Waals surface area contributed by atoms with Crippen LogP contribution in [0, 0.1) is 11.8 Å². The number of nitrogens with one attached hydrogen (secondary N) is 1. The highest BCUT2D eigenvalue weighted by atomic mass is 14.9. The molecule has 0 aromatic heterocycles. The van der Waals surface area contributed by atoms with Crippen LogP contribution in [0.3, 0.4) is 0 Å². The number of nitrogen functional groups attached to an aromatic ring is 2. The summed E-state index contributed by atoms with van der Waals surface area (Å²) in [5.41, 5.74) is 13.9. The lowest BCUT2D eigenvalue weighted by Crippen LogP contribution is -2.20. The maximum atomic E-state index is 5.78. The van der Waals surface area contributed by atoms with E-state index < -0.39 is 0 Å². The molecule has 1 saturated carbocycles. The van der Waals surface area contributed by atoms with Crippen molar-refractivity contribution in [3.63, 3.8) is 0 Å². The van der Waals surface area contributed by atoms with Gasteiger partial charge in [0.25, 0.3) is 0 Å². The average molecular weight is 233 g/mol. The van der Waals surface area contributed by atoms with Crippen molar-refractivity contribution in [1.29, 1.82) is 0 Å². The van der Waals surface area contributed by atoms with Crippen LogP contribution in [0.1, 0.15) is 32.6 Å². The van der Waals surface area contributed by atoms with Gasteiger partial charge in [-0.05, 0) is 42.9 Å². The zero-order valence-corrected chi connectivity index (χ0v) is 10.6. The van der Waals surface area contributed by atoms with Crippen molar-refractivity contribution in [3.05, 3.63) is 18.2 Å². The van der Waals surface area contributed by atoms with Gasteiger partial charge in [0.15, 0.2) is 0 Å². The van der Waals surface area contributed by atoms with Crippen LogP contribution in [-0.4, -0.2) is 6.54 Å². The number of hydrogen-bond acceptors (Lipinski definition) is 3. The predicted molar refractivity (Wildman–Crippen MR) is 74.9 cm³/mol. The molecule has 0 heterocycles. The van der Waals surface area contributed by atoms with Crippen molar-refractivity contribution in [3.8, 4) is 0 Å². The van der Waals surface area contributed by atoms with Crippen molar-refractivity contribution in [2.75, 3.05) is 23.3 Å². The fourth-order valence-electron chi connectivity index (χ4n) is 2.48. The Labute approximate surface area is 104 Å². The molecule has 1 aliphatic carbocycles. The normalized spacial score (nSPS) is 24.5. The van der Waals surface area contributed by atoms with Gasteiger partial charge in [0.05, 0.1) is 11.4 Å². The van der Waals surface area contributed by atoms with Gasteiger partial charge in [0.2, 0.25) is 0 Å². The summed E-state index contributed by atoms with van der Waals surface area (Å²) in [7, 11) is 0. The molecule has 3 heteroatoms. The van der Waals surface area contributed by atoms with Crippen LogP contribution in [0.15, 0.2) is 18.2 Å². The lowest BCUT2D eigenvalue weighted by molar-refractivity contribution is 0.300. The molecule has 0 spiro atoms. The van der Waals surface area contributed by atoms with E-state index in [4.69, 9.17) is 11.5 Å². The summed E-state index contributed by atoms with van der Waals surface area (Å²) in [4.78, 5) is 0. The lowest BCUT2D eigenvalue weighted by atomic mass is 9.83. The Kier molecular flexibility index (Phi) is 3.77. The molecule has 1 aromatic carbocycles. The Morgan fingerprint density at radius 2 is 1.82 bits per heavy atom. The van der Waals surface area contributed by atoms with E-state index in [2.05, 4.69) is 12.2 Å². The van der Waals surface area contributed by atoms with Crippen molar-refractivity contribution in [2.24, 2.45) is 11.8 Å². The zero-order valence-electron chi connectivity index (χ0n) is 10.6. The Morgan fingerprint density at radius 1 is 1.12 bits per heavy atom. The quantitative estimate of drug-likeness (QED) is 0.703. The first kappa shape index (κ1) is 12.1. The van der Waals surface area contributed by atoms with E-state index in [1.807, 2.05) is 18.2 Å². The molecule has 1 aliphatic rings. The van der Waals surface area contributed by atoms with E-state index in [1.165, 1.54) is 25.7 Å². The molecule has 0 aliphatic heterocycles. The van der Waals surface area contributed by atoms with Crippen LogP contribution in [0.2, 0.25) is 0 Å². The van der Waals surface area contributed by atoms with Crippen LogP contribution in [0.25, 0.3) is 0 Å². The maximum absolute atomic E-state index is 5.78. The summed E-state index contributed by atoms with van der Waals surface area (Å²) in [5, 5.41) is 3.46. The molecule has 5 N–H and O–H groups in total. The summed E-state index contributed by atoms with van der Waals surface area (Å²) in [6.07, 6.45) is 5.43. The fraction of sp³-hybridized carbons (Fsp3) is 0.571. The second kappa shape index (κ2) is 5.30. The molecule has 0 radical (unpaired) electrons. The largest absolute Gasteiger partial charge is 0.397 e. The third kappa shape index (κ3) is 3.29. The molecule has 2 rings (SSSR count). The SMILES string of the molecule is CC1CCC(CNc2ccc(N)c(N)c2)CC1. The Hall–Kier alpha value is -1.38. The molecule has 0 bridgehead atoms. The monoisotopic (exact) mass is 233 g/mol. The van der Waals surface area contributed by atoms with Gasteiger partial charge in [-0.2, -0.15) is 0 Å². The predicted octanol–water partition coefficient (Wildman–Crippen LogP) is 3.09. The van der Waals surface area contributed by atoms with Crippen LogP contribution >= 0.6 is 0 Å². The molecule has 0 saturated heterocycles. The molecular formula is C14H23N3. The van der Waals surface area contributed by atoms with Crippen LogP contribution in [0.5, 0.6) is 0 Å². The van der Waals surface area contributed by atoms with Gasteiger partial charge in [-0.1, -0.05) is 19.8 Å². The standard InChI is InChI=1S/C14H23N3/c1-10-2-4-11(5-3-10)9-17-12-6-7-13(15)14(16)8-12/h6-8,10-11,17H,2-5,9,15-16H2,1H3. The Morgan fingerprint density at radius 3 is 2.47 bits per heavy atom. The zero-order chi connectivity index (χ0) is 12.3.